The van der Waals surface area contributed by atoms with Crippen molar-refractivity contribution in [1.29, 1.82) is 0 Å². The molecule has 1 atom stereocenters. The third-order valence-electron chi connectivity index (χ3n) is 3.69. The molecule has 20 heavy (non-hydrogen) atoms. The molecule has 0 spiro atoms. The molecule has 0 aromatic heterocycles. The van der Waals surface area contributed by atoms with Gasteiger partial charge in [0.1, 0.15) is 5.82 Å². The third kappa shape index (κ3) is 3.67. The first-order valence-electron chi connectivity index (χ1n) is 7.12. The number of hydrogen-bond donors (Lipinski definition) is 1. The minimum Gasteiger partial charge on any atom is -0.310 e. The Morgan fingerprint density at radius 2 is 1.85 bits per heavy atom. The number of benzene rings is 2. The Bertz CT molecular complexity index is 577. The van der Waals surface area contributed by atoms with Crippen molar-refractivity contribution in [3.8, 4) is 0 Å². The van der Waals surface area contributed by atoms with Gasteiger partial charge in [-0.3, -0.25) is 0 Å². The SMILES string of the molecule is Cc1ccc(C(C)NCCc2ccccc2F)c(C)c1. The van der Waals surface area contributed by atoms with Gasteiger partial charge in [-0.25, -0.2) is 4.39 Å². The van der Waals surface area contributed by atoms with Crippen LogP contribution in [0.15, 0.2) is 42.5 Å². The van der Waals surface area contributed by atoms with Crippen LogP contribution in [0.4, 0.5) is 4.39 Å². The molecule has 2 heteroatoms. The van der Waals surface area contributed by atoms with Crippen LogP contribution in [0, 0.1) is 19.7 Å². The normalized spacial score (nSPS) is 12.4. The summed E-state index contributed by atoms with van der Waals surface area (Å²) in [5.41, 5.74) is 4.66. The van der Waals surface area contributed by atoms with Crippen LogP contribution >= 0.6 is 0 Å². The molecular weight excluding hydrogens is 249 g/mol. The van der Waals surface area contributed by atoms with Crippen LogP contribution < -0.4 is 5.32 Å². The first kappa shape index (κ1) is 14.7. The van der Waals surface area contributed by atoms with E-state index in [0.29, 0.717) is 6.42 Å². The van der Waals surface area contributed by atoms with E-state index in [2.05, 4.69) is 44.3 Å². The fourth-order valence-electron chi connectivity index (χ4n) is 2.55. The second kappa shape index (κ2) is 6.67. The molecule has 2 aromatic carbocycles. The molecule has 0 aliphatic heterocycles. The van der Waals surface area contributed by atoms with E-state index in [1.165, 1.54) is 22.8 Å². The van der Waals surface area contributed by atoms with Gasteiger partial charge in [0.25, 0.3) is 0 Å². The predicted octanol–water partition coefficient (Wildman–Crippen LogP) is 4.34. The van der Waals surface area contributed by atoms with Crippen LogP contribution in [-0.2, 0) is 6.42 Å². The van der Waals surface area contributed by atoms with Gasteiger partial charge in [0.05, 0.1) is 0 Å². The van der Waals surface area contributed by atoms with Gasteiger partial charge in [0.2, 0.25) is 0 Å². The van der Waals surface area contributed by atoms with E-state index in [-0.39, 0.29) is 11.9 Å². The molecule has 2 rings (SSSR count). The third-order valence-corrected chi connectivity index (χ3v) is 3.69. The van der Waals surface area contributed by atoms with E-state index in [0.717, 1.165) is 12.1 Å². The van der Waals surface area contributed by atoms with Gasteiger partial charge in [0.15, 0.2) is 0 Å². The zero-order valence-corrected chi connectivity index (χ0v) is 12.4. The Morgan fingerprint density at radius 1 is 1.10 bits per heavy atom. The van der Waals surface area contributed by atoms with Gasteiger partial charge >= 0.3 is 0 Å². The van der Waals surface area contributed by atoms with E-state index in [1.807, 2.05) is 12.1 Å². The highest BCUT2D eigenvalue weighted by Crippen LogP contribution is 2.18. The van der Waals surface area contributed by atoms with Crippen molar-refractivity contribution >= 4 is 0 Å². The van der Waals surface area contributed by atoms with Crippen molar-refractivity contribution in [3.63, 3.8) is 0 Å². The quantitative estimate of drug-likeness (QED) is 0.853. The molecule has 0 bridgehead atoms. The van der Waals surface area contributed by atoms with Crippen LogP contribution in [0.2, 0.25) is 0 Å². The fraction of sp³-hybridized carbons (Fsp3) is 0.333. The summed E-state index contributed by atoms with van der Waals surface area (Å²) in [5.74, 6) is -0.117. The second-order valence-electron chi connectivity index (χ2n) is 5.38. The lowest BCUT2D eigenvalue weighted by atomic mass is 10.00. The van der Waals surface area contributed by atoms with E-state index in [9.17, 15) is 4.39 Å². The summed E-state index contributed by atoms with van der Waals surface area (Å²) < 4.78 is 13.5. The second-order valence-corrected chi connectivity index (χ2v) is 5.38. The number of halogens is 1. The largest absolute Gasteiger partial charge is 0.310 e. The van der Waals surface area contributed by atoms with Gasteiger partial charge in [0, 0.05) is 6.04 Å². The van der Waals surface area contributed by atoms with Crippen molar-refractivity contribution in [2.75, 3.05) is 6.54 Å². The molecule has 0 fully saturated rings. The smallest absolute Gasteiger partial charge is 0.126 e. The van der Waals surface area contributed by atoms with Crippen LogP contribution in [0.1, 0.15) is 35.2 Å². The molecule has 1 nitrogen and oxygen atoms in total. The average molecular weight is 271 g/mol. The highest BCUT2D eigenvalue weighted by atomic mass is 19.1. The van der Waals surface area contributed by atoms with Crippen molar-refractivity contribution in [2.45, 2.75) is 33.2 Å². The molecule has 0 amide bonds. The zero-order valence-electron chi connectivity index (χ0n) is 12.4. The molecule has 0 saturated heterocycles. The Balaban J connectivity index is 1.92. The highest BCUT2D eigenvalue weighted by Gasteiger charge is 2.08. The Morgan fingerprint density at radius 3 is 2.55 bits per heavy atom. The molecule has 0 saturated carbocycles. The van der Waals surface area contributed by atoms with E-state index in [4.69, 9.17) is 0 Å². The lowest BCUT2D eigenvalue weighted by Gasteiger charge is -2.17. The van der Waals surface area contributed by atoms with E-state index < -0.39 is 0 Å². The number of rotatable bonds is 5. The maximum absolute atomic E-state index is 13.5. The molecule has 0 radical (unpaired) electrons. The fourth-order valence-corrected chi connectivity index (χ4v) is 2.55. The van der Waals surface area contributed by atoms with Crippen LogP contribution in [0.5, 0.6) is 0 Å². The van der Waals surface area contributed by atoms with Gasteiger partial charge in [-0.1, -0.05) is 42.0 Å². The summed E-state index contributed by atoms with van der Waals surface area (Å²) >= 11 is 0. The summed E-state index contributed by atoms with van der Waals surface area (Å²) in [6, 6.07) is 13.8. The molecule has 106 valence electrons. The van der Waals surface area contributed by atoms with Gasteiger partial charge in [-0.2, -0.15) is 0 Å². The topological polar surface area (TPSA) is 12.0 Å². The zero-order chi connectivity index (χ0) is 14.5. The van der Waals surface area contributed by atoms with E-state index in [1.54, 1.807) is 6.07 Å². The van der Waals surface area contributed by atoms with Crippen LogP contribution in [-0.4, -0.2) is 6.54 Å². The minimum absolute atomic E-state index is 0.117. The van der Waals surface area contributed by atoms with Crippen molar-refractivity contribution in [2.24, 2.45) is 0 Å². The summed E-state index contributed by atoms with van der Waals surface area (Å²) in [6.07, 6.45) is 0.710. The lowest BCUT2D eigenvalue weighted by Crippen LogP contribution is -2.22. The molecule has 0 aliphatic carbocycles. The van der Waals surface area contributed by atoms with Crippen LogP contribution in [0.25, 0.3) is 0 Å². The molecule has 1 N–H and O–H groups in total. The predicted molar refractivity (Wildman–Crippen MR) is 82.4 cm³/mol. The summed E-state index contributed by atoms with van der Waals surface area (Å²) in [4.78, 5) is 0. The lowest BCUT2D eigenvalue weighted by molar-refractivity contribution is 0.557. The molecule has 0 heterocycles. The highest BCUT2D eigenvalue weighted by molar-refractivity contribution is 5.32. The van der Waals surface area contributed by atoms with Gasteiger partial charge in [-0.15, -0.1) is 0 Å². The first-order valence-corrected chi connectivity index (χ1v) is 7.12. The summed E-state index contributed by atoms with van der Waals surface area (Å²) in [6.45, 7) is 7.17. The Labute approximate surface area is 120 Å². The Kier molecular flexibility index (Phi) is 4.91. The monoisotopic (exact) mass is 271 g/mol. The minimum atomic E-state index is -0.117. The van der Waals surface area contributed by atoms with Gasteiger partial charge < -0.3 is 5.32 Å². The summed E-state index contributed by atoms with van der Waals surface area (Å²) in [5, 5.41) is 3.47. The maximum atomic E-state index is 13.5. The van der Waals surface area contributed by atoms with Crippen molar-refractivity contribution in [3.05, 3.63) is 70.5 Å². The standard InChI is InChI=1S/C18H22FN/c1-13-8-9-17(14(2)12-13)15(3)20-11-10-16-6-4-5-7-18(16)19/h4-9,12,15,20H,10-11H2,1-3H3. The molecule has 0 aliphatic rings. The number of hydrogen-bond acceptors (Lipinski definition) is 1. The van der Waals surface area contributed by atoms with Crippen LogP contribution in [0.3, 0.4) is 0 Å². The number of aryl methyl sites for hydroxylation is 2. The number of nitrogens with one attached hydrogen (secondary N) is 1. The average Bonchev–Trinajstić information content (AvgIpc) is 2.40. The summed E-state index contributed by atoms with van der Waals surface area (Å²) in [7, 11) is 0. The molecular formula is C18H22FN. The maximum Gasteiger partial charge on any atom is 0.126 e. The van der Waals surface area contributed by atoms with Crippen molar-refractivity contribution in [1.82, 2.24) is 5.32 Å². The van der Waals surface area contributed by atoms with E-state index >= 15 is 0 Å². The van der Waals surface area contributed by atoms with Crippen molar-refractivity contribution < 1.29 is 4.39 Å². The molecule has 2 aromatic rings. The van der Waals surface area contributed by atoms with Gasteiger partial charge in [-0.05, 0) is 56.5 Å². The molecule has 1 unspecified atom stereocenters. The first-order chi connectivity index (χ1) is 9.58. The Hall–Kier alpha value is -1.67.